The van der Waals surface area contributed by atoms with E-state index in [-0.39, 0.29) is 5.75 Å². The number of aliphatic hydroxyl groups is 1. The molecule has 0 bridgehead atoms. The van der Waals surface area contributed by atoms with Crippen molar-refractivity contribution in [3.8, 4) is 5.75 Å². The third kappa shape index (κ3) is 3.87. The lowest BCUT2D eigenvalue weighted by atomic mass is 9.71. The van der Waals surface area contributed by atoms with Crippen LogP contribution in [0.1, 0.15) is 45.1 Å². The number of hydrogen-bond acceptors (Lipinski definition) is 3. The van der Waals surface area contributed by atoms with Gasteiger partial charge in [0.2, 0.25) is 0 Å². The molecule has 0 amide bonds. The van der Waals surface area contributed by atoms with E-state index in [2.05, 4.69) is 19.2 Å². The predicted octanol–water partition coefficient (Wildman–Crippen LogP) is 3.47. The van der Waals surface area contributed by atoms with Crippen LogP contribution in [0.15, 0.2) is 18.2 Å². The van der Waals surface area contributed by atoms with Crippen molar-refractivity contribution in [1.29, 1.82) is 0 Å². The van der Waals surface area contributed by atoms with Crippen LogP contribution in [0.3, 0.4) is 0 Å². The van der Waals surface area contributed by atoms with Crippen LogP contribution in [0.25, 0.3) is 0 Å². The minimum Gasteiger partial charge on any atom is -0.506 e. The molecule has 3 nitrogen and oxygen atoms in total. The van der Waals surface area contributed by atoms with Gasteiger partial charge >= 0.3 is 0 Å². The molecule has 1 fully saturated rings. The van der Waals surface area contributed by atoms with E-state index in [0.29, 0.717) is 23.5 Å². The number of rotatable bonds is 4. The van der Waals surface area contributed by atoms with Crippen molar-refractivity contribution in [1.82, 2.24) is 5.32 Å². The van der Waals surface area contributed by atoms with E-state index in [1.54, 1.807) is 6.07 Å². The smallest absolute Gasteiger partial charge is 0.138 e. The first-order valence-electron chi connectivity index (χ1n) is 7.21. The molecule has 0 spiro atoms. The highest BCUT2D eigenvalue weighted by molar-refractivity contribution is 6.32. The second-order valence-corrected chi connectivity index (χ2v) is 7.15. The van der Waals surface area contributed by atoms with Crippen LogP contribution in [0, 0.1) is 5.41 Å². The van der Waals surface area contributed by atoms with Crippen molar-refractivity contribution in [2.24, 2.45) is 5.41 Å². The Balaban J connectivity index is 1.85. The minimum atomic E-state index is -0.621. The number of para-hydroxylation sites is 1. The molecule has 0 atom stereocenters. The van der Waals surface area contributed by atoms with Gasteiger partial charge in [0.15, 0.2) is 0 Å². The fourth-order valence-electron chi connectivity index (χ4n) is 2.70. The summed E-state index contributed by atoms with van der Waals surface area (Å²) in [4.78, 5) is 0. The van der Waals surface area contributed by atoms with E-state index in [9.17, 15) is 10.2 Å². The first-order valence-corrected chi connectivity index (χ1v) is 7.59. The largest absolute Gasteiger partial charge is 0.506 e. The van der Waals surface area contributed by atoms with Crippen molar-refractivity contribution < 1.29 is 10.2 Å². The van der Waals surface area contributed by atoms with Crippen molar-refractivity contribution in [2.45, 2.75) is 51.7 Å². The summed E-state index contributed by atoms with van der Waals surface area (Å²) in [6.45, 7) is 5.57. The molecule has 0 saturated heterocycles. The first-order chi connectivity index (χ1) is 9.31. The lowest BCUT2D eigenvalue weighted by molar-refractivity contribution is -0.0245. The van der Waals surface area contributed by atoms with Gasteiger partial charge in [0, 0.05) is 18.7 Å². The van der Waals surface area contributed by atoms with Gasteiger partial charge in [0.05, 0.1) is 10.6 Å². The van der Waals surface area contributed by atoms with Gasteiger partial charge in [-0.25, -0.2) is 0 Å². The normalized spacial score (nSPS) is 20.8. The number of nitrogens with one attached hydrogen (secondary N) is 1. The zero-order chi connectivity index (χ0) is 14.8. The van der Waals surface area contributed by atoms with Gasteiger partial charge in [0.25, 0.3) is 0 Å². The third-order valence-corrected chi connectivity index (χ3v) is 4.68. The van der Waals surface area contributed by atoms with E-state index < -0.39 is 5.60 Å². The lowest BCUT2D eigenvalue weighted by Crippen LogP contribution is -2.44. The molecule has 0 heterocycles. The van der Waals surface area contributed by atoms with E-state index in [0.717, 1.165) is 31.2 Å². The summed E-state index contributed by atoms with van der Waals surface area (Å²) in [5.74, 6) is 0.124. The molecule has 1 aromatic rings. The molecule has 20 heavy (non-hydrogen) atoms. The molecular formula is C16H24ClNO2. The maximum Gasteiger partial charge on any atom is 0.138 e. The molecule has 1 aliphatic rings. The van der Waals surface area contributed by atoms with Gasteiger partial charge in [-0.15, -0.1) is 0 Å². The summed E-state index contributed by atoms with van der Waals surface area (Å²) in [5.41, 5.74) is 0.485. The van der Waals surface area contributed by atoms with Crippen LogP contribution in [-0.2, 0) is 6.54 Å². The van der Waals surface area contributed by atoms with Crippen molar-refractivity contribution in [2.75, 3.05) is 6.54 Å². The summed E-state index contributed by atoms with van der Waals surface area (Å²) < 4.78 is 0. The molecule has 4 heteroatoms. The highest BCUT2D eigenvalue weighted by atomic mass is 35.5. The SMILES string of the molecule is CC1(C)CCC(O)(CNCc2cccc(Cl)c2O)CC1. The molecule has 1 aliphatic carbocycles. The Kier molecular flexibility index (Phi) is 4.62. The van der Waals surface area contributed by atoms with E-state index in [1.807, 2.05) is 12.1 Å². The van der Waals surface area contributed by atoms with Crippen LogP contribution in [-0.4, -0.2) is 22.4 Å². The molecular weight excluding hydrogens is 274 g/mol. The van der Waals surface area contributed by atoms with Crippen LogP contribution >= 0.6 is 11.6 Å². The van der Waals surface area contributed by atoms with Crippen molar-refractivity contribution in [3.05, 3.63) is 28.8 Å². The summed E-state index contributed by atoms with van der Waals surface area (Å²) >= 11 is 5.87. The maximum absolute atomic E-state index is 10.6. The second kappa shape index (κ2) is 5.92. The molecule has 0 radical (unpaired) electrons. The number of halogens is 1. The first kappa shape index (κ1) is 15.6. The number of phenolic OH excluding ortho intramolecular Hbond substituents is 1. The number of hydrogen-bond donors (Lipinski definition) is 3. The van der Waals surface area contributed by atoms with Gasteiger partial charge in [-0.3, -0.25) is 0 Å². The zero-order valence-corrected chi connectivity index (χ0v) is 13.0. The van der Waals surface area contributed by atoms with Gasteiger partial charge in [0.1, 0.15) is 5.75 Å². The predicted molar refractivity (Wildman–Crippen MR) is 82.0 cm³/mol. The molecule has 2 rings (SSSR count). The van der Waals surface area contributed by atoms with E-state index >= 15 is 0 Å². The Morgan fingerprint density at radius 2 is 1.85 bits per heavy atom. The van der Waals surface area contributed by atoms with Crippen LogP contribution in [0.4, 0.5) is 0 Å². The average Bonchev–Trinajstić information content (AvgIpc) is 2.39. The van der Waals surface area contributed by atoms with Crippen molar-refractivity contribution >= 4 is 11.6 Å². The van der Waals surface area contributed by atoms with Crippen molar-refractivity contribution in [3.63, 3.8) is 0 Å². The van der Waals surface area contributed by atoms with E-state index in [4.69, 9.17) is 11.6 Å². The minimum absolute atomic E-state index is 0.124. The average molecular weight is 298 g/mol. The fraction of sp³-hybridized carbons (Fsp3) is 0.625. The summed E-state index contributed by atoms with van der Waals surface area (Å²) in [5, 5.41) is 24.0. The van der Waals surface area contributed by atoms with Gasteiger partial charge in [-0.1, -0.05) is 37.6 Å². The molecule has 0 aromatic heterocycles. The zero-order valence-electron chi connectivity index (χ0n) is 12.2. The standard InChI is InChI=1S/C16H24ClNO2/c1-15(2)6-8-16(20,9-7-15)11-18-10-12-4-3-5-13(17)14(12)19/h3-5,18-20H,6-11H2,1-2H3. The van der Waals surface area contributed by atoms with Gasteiger partial charge < -0.3 is 15.5 Å². The van der Waals surface area contributed by atoms with Gasteiger partial charge in [-0.2, -0.15) is 0 Å². The summed E-state index contributed by atoms with van der Waals surface area (Å²) in [6, 6.07) is 5.32. The number of aromatic hydroxyl groups is 1. The summed E-state index contributed by atoms with van der Waals surface area (Å²) in [7, 11) is 0. The Labute approximate surface area is 126 Å². The van der Waals surface area contributed by atoms with Gasteiger partial charge in [-0.05, 0) is 37.2 Å². The molecule has 0 aliphatic heterocycles. The molecule has 0 unspecified atom stereocenters. The topological polar surface area (TPSA) is 52.5 Å². The van der Waals surface area contributed by atoms with Crippen LogP contribution in [0.5, 0.6) is 5.75 Å². The lowest BCUT2D eigenvalue weighted by Gasteiger charge is -2.40. The fourth-order valence-corrected chi connectivity index (χ4v) is 2.90. The van der Waals surface area contributed by atoms with Crippen LogP contribution in [0.2, 0.25) is 5.02 Å². The monoisotopic (exact) mass is 297 g/mol. The molecule has 1 aromatic carbocycles. The molecule has 112 valence electrons. The summed E-state index contributed by atoms with van der Waals surface area (Å²) in [6.07, 6.45) is 3.75. The molecule has 1 saturated carbocycles. The Morgan fingerprint density at radius 1 is 1.20 bits per heavy atom. The maximum atomic E-state index is 10.6. The number of phenols is 1. The highest BCUT2D eigenvalue weighted by Crippen LogP contribution is 2.39. The Bertz CT molecular complexity index is 464. The highest BCUT2D eigenvalue weighted by Gasteiger charge is 2.36. The second-order valence-electron chi connectivity index (χ2n) is 6.74. The number of benzene rings is 1. The molecule has 3 N–H and O–H groups in total. The van der Waals surface area contributed by atoms with Crippen LogP contribution < -0.4 is 5.32 Å². The Hall–Kier alpha value is -0.770. The quantitative estimate of drug-likeness (QED) is 0.797. The Morgan fingerprint density at radius 3 is 2.50 bits per heavy atom. The van der Waals surface area contributed by atoms with E-state index in [1.165, 1.54) is 0 Å². The third-order valence-electron chi connectivity index (χ3n) is 4.37.